The summed E-state index contributed by atoms with van der Waals surface area (Å²) in [4.78, 5) is 30.9. The standard InChI is InChI=1S/C28H35N3O2/c1-3-5-6-14-31-15-12-20(13-16-31)25-19-29-26-11-10-23(18-24(25)26)30-28(33)22-9-7-8-21(17-22)27(32)4-2/h7-11,17-20,29H,3-6,12-16H2,1-2H3,(H,30,33). The number of likely N-dealkylation sites (tertiary alicyclic amines) is 1. The number of nitrogens with zero attached hydrogens (tertiary/aromatic N) is 1. The highest BCUT2D eigenvalue weighted by molar-refractivity contribution is 6.07. The molecule has 5 nitrogen and oxygen atoms in total. The van der Waals surface area contributed by atoms with Crippen molar-refractivity contribution in [2.45, 2.75) is 58.3 Å². The number of nitrogens with one attached hydrogen (secondary N) is 2. The Kier molecular flexibility index (Phi) is 7.61. The third-order valence-corrected chi connectivity index (χ3v) is 6.84. The average molecular weight is 446 g/mol. The maximum atomic E-state index is 12.8. The molecule has 0 bridgehead atoms. The van der Waals surface area contributed by atoms with Crippen molar-refractivity contribution in [1.29, 1.82) is 0 Å². The van der Waals surface area contributed by atoms with Crippen molar-refractivity contribution in [2.24, 2.45) is 0 Å². The molecule has 2 aromatic carbocycles. The number of carbonyl (C=O) groups is 2. The highest BCUT2D eigenvalue weighted by Gasteiger charge is 2.23. The van der Waals surface area contributed by atoms with E-state index in [9.17, 15) is 9.59 Å². The molecule has 1 aromatic heterocycles. The van der Waals surface area contributed by atoms with Gasteiger partial charge in [-0.05, 0) is 80.7 Å². The van der Waals surface area contributed by atoms with Crippen molar-refractivity contribution in [2.75, 3.05) is 25.0 Å². The molecule has 33 heavy (non-hydrogen) atoms. The zero-order valence-electron chi connectivity index (χ0n) is 19.8. The largest absolute Gasteiger partial charge is 0.361 e. The van der Waals surface area contributed by atoms with Gasteiger partial charge in [-0.15, -0.1) is 0 Å². The van der Waals surface area contributed by atoms with Crippen molar-refractivity contribution >= 4 is 28.3 Å². The summed E-state index contributed by atoms with van der Waals surface area (Å²) < 4.78 is 0. The molecule has 174 valence electrons. The number of rotatable bonds is 9. The summed E-state index contributed by atoms with van der Waals surface area (Å²) in [6.07, 6.45) is 8.81. The molecule has 3 aromatic rings. The van der Waals surface area contributed by atoms with E-state index in [-0.39, 0.29) is 11.7 Å². The van der Waals surface area contributed by atoms with Crippen LogP contribution in [0.3, 0.4) is 0 Å². The first-order valence-corrected chi connectivity index (χ1v) is 12.4. The van der Waals surface area contributed by atoms with E-state index < -0.39 is 0 Å². The molecule has 5 heteroatoms. The zero-order valence-corrected chi connectivity index (χ0v) is 19.8. The topological polar surface area (TPSA) is 65.2 Å². The number of anilines is 1. The number of H-pyrrole nitrogens is 1. The lowest BCUT2D eigenvalue weighted by Gasteiger charge is -2.32. The van der Waals surface area contributed by atoms with E-state index >= 15 is 0 Å². The molecule has 1 aliphatic rings. The van der Waals surface area contributed by atoms with Crippen LogP contribution in [0.15, 0.2) is 48.7 Å². The number of piperidine rings is 1. The Labute approximate surface area is 196 Å². The van der Waals surface area contributed by atoms with Crippen molar-refractivity contribution < 1.29 is 9.59 Å². The third-order valence-electron chi connectivity index (χ3n) is 6.84. The van der Waals surface area contributed by atoms with E-state index in [0.717, 1.165) is 24.3 Å². The van der Waals surface area contributed by atoms with Gasteiger partial charge in [0.05, 0.1) is 0 Å². The Morgan fingerprint density at radius 1 is 1.03 bits per heavy atom. The van der Waals surface area contributed by atoms with Crippen LogP contribution in [0.2, 0.25) is 0 Å². The first-order chi connectivity index (χ1) is 16.1. The number of benzene rings is 2. The van der Waals surface area contributed by atoms with Gasteiger partial charge in [0, 0.05) is 40.3 Å². The van der Waals surface area contributed by atoms with Crippen LogP contribution in [0.4, 0.5) is 5.69 Å². The van der Waals surface area contributed by atoms with Gasteiger partial charge in [-0.2, -0.15) is 0 Å². The number of aromatic amines is 1. The van der Waals surface area contributed by atoms with Gasteiger partial charge in [0.2, 0.25) is 0 Å². The molecule has 0 radical (unpaired) electrons. The van der Waals surface area contributed by atoms with Crippen LogP contribution in [0.25, 0.3) is 10.9 Å². The summed E-state index contributed by atoms with van der Waals surface area (Å²) in [6, 6.07) is 13.0. The van der Waals surface area contributed by atoms with E-state index in [2.05, 4.69) is 34.4 Å². The van der Waals surface area contributed by atoms with Gasteiger partial charge < -0.3 is 15.2 Å². The molecule has 0 unspecified atom stereocenters. The summed E-state index contributed by atoms with van der Waals surface area (Å²) in [6.45, 7) is 7.61. The Morgan fingerprint density at radius 2 is 1.82 bits per heavy atom. The minimum Gasteiger partial charge on any atom is -0.361 e. The quantitative estimate of drug-likeness (QED) is 0.297. The first kappa shape index (κ1) is 23.2. The second kappa shape index (κ2) is 10.8. The fourth-order valence-corrected chi connectivity index (χ4v) is 4.85. The second-order valence-corrected chi connectivity index (χ2v) is 9.14. The zero-order chi connectivity index (χ0) is 23.2. The Bertz CT molecular complexity index is 1110. The summed E-state index contributed by atoms with van der Waals surface area (Å²) >= 11 is 0. The van der Waals surface area contributed by atoms with E-state index in [0.29, 0.717) is 23.5 Å². The van der Waals surface area contributed by atoms with Gasteiger partial charge in [-0.1, -0.05) is 38.8 Å². The van der Waals surface area contributed by atoms with Crippen molar-refractivity contribution in [1.82, 2.24) is 9.88 Å². The van der Waals surface area contributed by atoms with Gasteiger partial charge >= 0.3 is 0 Å². The summed E-state index contributed by atoms with van der Waals surface area (Å²) in [5.74, 6) is 0.390. The minimum absolute atomic E-state index is 0.0412. The number of ketones is 1. The summed E-state index contributed by atoms with van der Waals surface area (Å²) in [7, 11) is 0. The maximum Gasteiger partial charge on any atom is 0.255 e. The molecular formula is C28H35N3O2. The van der Waals surface area contributed by atoms with Crippen LogP contribution in [0, 0.1) is 0 Å². The third kappa shape index (κ3) is 5.53. The number of fused-ring (bicyclic) bond motifs is 1. The van der Waals surface area contributed by atoms with Crippen LogP contribution >= 0.6 is 0 Å². The number of amides is 1. The smallest absolute Gasteiger partial charge is 0.255 e. The van der Waals surface area contributed by atoms with Gasteiger partial charge in [0.1, 0.15) is 0 Å². The van der Waals surface area contributed by atoms with E-state index in [1.807, 2.05) is 19.1 Å². The summed E-state index contributed by atoms with van der Waals surface area (Å²) in [5, 5.41) is 4.21. The van der Waals surface area contributed by atoms with Crippen LogP contribution in [0.1, 0.15) is 84.6 Å². The first-order valence-electron chi connectivity index (χ1n) is 12.4. The lowest BCUT2D eigenvalue weighted by molar-refractivity contribution is 0.0988. The Morgan fingerprint density at radius 3 is 2.58 bits per heavy atom. The fourth-order valence-electron chi connectivity index (χ4n) is 4.85. The number of aromatic nitrogens is 1. The molecule has 0 saturated carbocycles. The molecule has 4 rings (SSSR count). The minimum atomic E-state index is -0.197. The summed E-state index contributed by atoms with van der Waals surface area (Å²) in [5.41, 5.74) is 4.31. The average Bonchev–Trinajstić information content (AvgIpc) is 3.27. The number of Topliss-reactive ketones (excluding diaryl/α,β-unsaturated/α-hetero) is 1. The highest BCUT2D eigenvalue weighted by atomic mass is 16.1. The normalized spacial score (nSPS) is 15.1. The maximum absolute atomic E-state index is 12.8. The Balaban J connectivity index is 1.45. The number of unbranched alkanes of at least 4 members (excludes halogenated alkanes) is 2. The predicted molar refractivity (Wildman–Crippen MR) is 135 cm³/mol. The SMILES string of the molecule is CCCCCN1CCC(c2c[nH]c3ccc(NC(=O)c4cccc(C(=O)CC)c4)cc23)CC1. The highest BCUT2D eigenvalue weighted by Crippen LogP contribution is 2.34. The molecular weight excluding hydrogens is 410 g/mol. The van der Waals surface area contributed by atoms with Crippen LogP contribution in [-0.4, -0.2) is 41.2 Å². The Hall–Kier alpha value is -2.92. The molecule has 1 saturated heterocycles. The molecule has 1 aliphatic heterocycles. The van der Waals surface area contributed by atoms with Crippen LogP contribution in [0.5, 0.6) is 0 Å². The second-order valence-electron chi connectivity index (χ2n) is 9.14. The number of hydrogen-bond donors (Lipinski definition) is 2. The molecule has 0 atom stereocenters. The van der Waals surface area contributed by atoms with Crippen LogP contribution in [-0.2, 0) is 0 Å². The monoisotopic (exact) mass is 445 g/mol. The molecule has 2 heterocycles. The van der Waals surface area contributed by atoms with Gasteiger partial charge in [-0.3, -0.25) is 9.59 Å². The molecule has 0 spiro atoms. The number of hydrogen-bond acceptors (Lipinski definition) is 3. The lowest BCUT2D eigenvalue weighted by atomic mass is 9.89. The molecule has 1 fully saturated rings. The van der Waals surface area contributed by atoms with Gasteiger partial charge in [0.15, 0.2) is 5.78 Å². The van der Waals surface area contributed by atoms with Gasteiger partial charge in [0.25, 0.3) is 5.91 Å². The molecule has 0 aliphatic carbocycles. The lowest BCUT2D eigenvalue weighted by Crippen LogP contribution is -2.33. The van der Waals surface area contributed by atoms with Crippen LogP contribution < -0.4 is 5.32 Å². The molecule has 1 amide bonds. The molecule has 2 N–H and O–H groups in total. The van der Waals surface area contributed by atoms with E-state index in [1.54, 1.807) is 24.3 Å². The van der Waals surface area contributed by atoms with E-state index in [4.69, 9.17) is 0 Å². The fraction of sp³-hybridized carbons (Fsp3) is 0.429. The predicted octanol–water partition coefficient (Wildman–Crippen LogP) is 6.38. The van der Waals surface area contributed by atoms with Crippen molar-refractivity contribution in [3.63, 3.8) is 0 Å². The van der Waals surface area contributed by atoms with Crippen molar-refractivity contribution in [3.8, 4) is 0 Å². The van der Waals surface area contributed by atoms with Gasteiger partial charge in [-0.25, -0.2) is 0 Å². The number of carbonyl (C=O) groups excluding carboxylic acids is 2. The van der Waals surface area contributed by atoms with Crippen molar-refractivity contribution in [3.05, 3.63) is 65.4 Å². The van der Waals surface area contributed by atoms with E-state index in [1.165, 1.54) is 49.6 Å².